The van der Waals surface area contributed by atoms with Gasteiger partial charge >= 0.3 is 0 Å². The number of methoxy groups -OCH3 is 2. The Balaban J connectivity index is 1.74. The summed E-state index contributed by atoms with van der Waals surface area (Å²) in [6.45, 7) is 4.91. The minimum atomic E-state index is 0.511. The molecule has 2 fully saturated rings. The van der Waals surface area contributed by atoms with Gasteiger partial charge in [-0.1, -0.05) is 0 Å². The molecule has 1 N–H and O–H groups in total. The lowest BCUT2D eigenvalue weighted by Crippen LogP contribution is -2.49. The largest absolute Gasteiger partial charge is 0.493 e. The number of nitrogens with one attached hydrogen (secondary N) is 1. The van der Waals surface area contributed by atoms with E-state index >= 15 is 0 Å². The topological polar surface area (TPSA) is 62.8 Å². The van der Waals surface area contributed by atoms with Gasteiger partial charge < -0.3 is 19.7 Å². The van der Waals surface area contributed by atoms with E-state index in [-0.39, 0.29) is 0 Å². The molecule has 1 aromatic heterocycles. The van der Waals surface area contributed by atoms with E-state index in [1.807, 2.05) is 19.2 Å². The van der Waals surface area contributed by atoms with Gasteiger partial charge in [0, 0.05) is 50.2 Å². The number of piperazine rings is 1. The molecule has 140 valence electrons. The Labute approximate surface area is 154 Å². The van der Waals surface area contributed by atoms with Crippen molar-refractivity contribution in [3.05, 3.63) is 18.0 Å². The molecule has 0 atom stereocenters. The summed E-state index contributed by atoms with van der Waals surface area (Å²) in [5, 5.41) is 4.27. The summed E-state index contributed by atoms with van der Waals surface area (Å²) in [5.41, 5.74) is 0.937. The lowest BCUT2D eigenvalue weighted by molar-refractivity contribution is 0.245. The van der Waals surface area contributed by atoms with E-state index in [1.165, 1.54) is 12.8 Å². The second-order valence-corrected chi connectivity index (χ2v) is 7.02. The van der Waals surface area contributed by atoms with Crippen LogP contribution in [0.4, 0.5) is 5.82 Å². The molecule has 7 nitrogen and oxygen atoms in total. The van der Waals surface area contributed by atoms with Crippen molar-refractivity contribution in [2.45, 2.75) is 18.8 Å². The molecule has 0 bridgehead atoms. The van der Waals surface area contributed by atoms with E-state index in [1.54, 1.807) is 14.2 Å². The third kappa shape index (κ3) is 3.29. The van der Waals surface area contributed by atoms with Gasteiger partial charge in [-0.25, -0.2) is 9.97 Å². The normalized spacial score (nSPS) is 18.3. The maximum absolute atomic E-state index is 5.51. The van der Waals surface area contributed by atoms with Gasteiger partial charge in [-0.15, -0.1) is 0 Å². The predicted octanol–water partition coefficient (Wildman–Crippen LogP) is 1.82. The van der Waals surface area contributed by atoms with Crippen LogP contribution < -0.4 is 19.7 Å². The van der Waals surface area contributed by atoms with Crippen LogP contribution >= 0.6 is 0 Å². The van der Waals surface area contributed by atoms with Crippen LogP contribution in [0.2, 0.25) is 0 Å². The second kappa shape index (κ2) is 7.25. The molecule has 26 heavy (non-hydrogen) atoms. The SMILES string of the molecule is CNCN1CCN(c2nc(C3CC3)nc3cc(OC)c(OC)cc23)CC1. The zero-order valence-corrected chi connectivity index (χ0v) is 15.8. The molecule has 0 amide bonds. The summed E-state index contributed by atoms with van der Waals surface area (Å²) in [6, 6.07) is 3.99. The molecule has 1 aliphatic heterocycles. The molecule has 1 saturated carbocycles. The van der Waals surface area contributed by atoms with Crippen molar-refractivity contribution in [2.75, 3.05) is 59.0 Å². The monoisotopic (exact) mass is 357 g/mol. The molecule has 1 saturated heterocycles. The summed E-state index contributed by atoms with van der Waals surface area (Å²) < 4.78 is 11.0. The van der Waals surface area contributed by atoms with Crippen molar-refractivity contribution in [3.63, 3.8) is 0 Å². The summed E-state index contributed by atoms with van der Waals surface area (Å²) in [4.78, 5) is 14.6. The maximum atomic E-state index is 5.51. The van der Waals surface area contributed by atoms with Crippen molar-refractivity contribution >= 4 is 16.7 Å². The number of rotatable bonds is 6. The first-order valence-corrected chi connectivity index (χ1v) is 9.29. The molecule has 4 rings (SSSR count). The Morgan fingerprint density at radius 2 is 1.73 bits per heavy atom. The number of anilines is 1. The summed E-state index contributed by atoms with van der Waals surface area (Å²) >= 11 is 0. The van der Waals surface area contributed by atoms with Crippen LogP contribution in [0.5, 0.6) is 11.5 Å². The molecule has 2 aromatic rings. The Kier molecular flexibility index (Phi) is 4.82. The molecule has 0 spiro atoms. The third-order valence-electron chi connectivity index (χ3n) is 5.19. The number of ether oxygens (including phenoxy) is 2. The first-order chi connectivity index (χ1) is 12.7. The molecule has 1 aromatic carbocycles. The van der Waals surface area contributed by atoms with Gasteiger partial charge in [-0.2, -0.15) is 0 Å². The predicted molar refractivity (Wildman–Crippen MR) is 102 cm³/mol. The van der Waals surface area contributed by atoms with E-state index in [0.29, 0.717) is 11.7 Å². The molecule has 7 heteroatoms. The zero-order valence-electron chi connectivity index (χ0n) is 15.8. The summed E-state index contributed by atoms with van der Waals surface area (Å²) in [6.07, 6.45) is 2.38. The van der Waals surface area contributed by atoms with Crippen molar-refractivity contribution in [2.24, 2.45) is 0 Å². The molecule has 0 unspecified atom stereocenters. The second-order valence-electron chi connectivity index (χ2n) is 7.02. The zero-order chi connectivity index (χ0) is 18.1. The van der Waals surface area contributed by atoms with E-state index in [9.17, 15) is 0 Å². The molecular formula is C19H27N5O2. The summed E-state index contributed by atoms with van der Waals surface area (Å²) in [7, 11) is 5.32. The number of fused-ring (bicyclic) bond motifs is 1. The number of aromatic nitrogens is 2. The van der Waals surface area contributed by atoms with Gasteiger partial charge in [0.15, 0.2) is 11.5 Å². The summed E-state index contributed by atoms with van der Waals surface area (Å²) in [5.74, 6) is 3.94. The van der Waals surface area contributed by atoms with Crippen molar-refractivity contribution in [1.82, 2.24) is 20.2 Å². The van der Waals surface area contributed by atoms with E-state index in [2.05, 4.69) is 15.1 Å². The number of hydrogen-bond acceptors (Lipinski definition) is 7. The fraction of sp³-hybridized carbons (Fsp3) is 0.579. The van der Waals surface area contributed by atoms with E-state index in [4.69, 9.17) is 19.4 Å². The maximum Gasteiger partial charge on any atom is 0.162 e. The van der Waals surface area contributed by atoms with Gasteiger partial charge in [0.2, 0.25) is 0 Å². The number of benzene rings is 1. The van der Waals surface area contributed by atoms with Crippen LogP contribution in [-0.4, -0.2) is 69.0 Å². The number of nitrogens with zero attached hydrogens (tertiary/aromatic N) is 4. The van der Waals surface area contributed by atoms with Crippen molar-refractivity contribution in [3.8, 4) is 11.5 Å². The van der Waals surface area contributed by atoms with Gasteiger partial charge in [0.1, 0.15) is 11.6 Å². The highest BCUT2D eigenvalue weighted by Gasteiger charge is 2.29. The Morgan fingerprint density at radius 1 is 1.04 bits per heavy atom. The van der Waals surface area contributed by atoms with Gasteiger partial charge in [-0.3, -0.25) is 4.90 Å². The lowest BCUT2D eigenvalue weighted by Gasteiger charge is -2.35. The van der Waals surface area contributed by atoms with E-state index in [0.717, 1.165) is 61.1 Å². The minimum Gasteiger partial charge on any atom is -0.493 e. The Morgan fingerprint density at radius 3 is 2.35 bits per heavy atom. The smallest absolute Gasteiger partial charge is 0.162 e. The Hall–Kier alpha value is -2.12. The molecule has 2 aliphatic rings. The first-order valence-electron chi connectivity index (χ1n) is 9.29. The third-order valence-corrected chi connectivity index (χ3v) is 5.19. The van der Waals surface area contributed by atoms with Gasteiger partial charge in [-0.05, 0) is 26.0 Å². The minimum absolute atomic E-state index is 0.511. The average molecular weight is 357 g/mol. The standard InChI is InChI=1S/C19H27N5O2/c1-20-12-23-6-8-24(9-7-23)19-14-10-16(25-2)17(26-3)11-15(14)21-18(22-19)13-4-5-13/h10-11,13,20H,4-9,12H2,1-3H3. The lowest BCUT2D eigenvalue weighted by atomic mass is 10.1. The van der Waals surface area contributed by atoms with Crippen LogP contribution in [0.15, 0.2) is 12.1 Å². The molecular weight excluding hydrogens is 330 g/mol. The van der Waals surface area contributed by atoms with Gasteiger partial charge in [0.05, 0.1) is 19.7 Å². The van der Waals surface area contributed by atoms with Gasteiger partial charge in [0.25, 0.3) is 0 Å². The highest BCUT2D eigenvalue weighted by Crippen LogP contribution is 2.41. The molecule has 2 heterocycles. The van der Waals surface area contributed by atoms with Crippen LogP contribution in [0.25, 0.3) is 10.9 Å². The fourth-order valence-corrected chi connectivity index (χ4v) is 3.56. The van der Waals surface area contributed by atoms with Crippen molar-refractivity contribution in [1.29, 1.82) is 0 Å². The average Bonchev–Trinajstić information content (AvgIpc) is 3.52. The van der Waals surface area contributed by atoms with E-state index < -0.39 is 0 Å². The quantitative estimate of drug-likeness (QED) is 0.846. The Bertz CT molecular complexity index is 785. The van der Waals surface area contributed by atoms with Crippen LogP contribution in [-0.2, 0) is 0 Å². The highest BCUT2D eigenvalue weighted by atomic mass is 16.5. The van der Waals surface area contributed by atoms with Crippen LogP contribution in [0, 0.1) is 0 Å². The fourth-order valence-electron chi connectivity index (χ4n) is 3.56. The molecule has 0 radical (unpaired) electrons. The van der Waals surface area contributed by atoms with Crippen LogP contribution in [0.1, 0.15) is 24.6 Å². The molecule has 1 aliphatic carbocycles. The van der Waals surface area contributed by atoms with Crippen molar-refractivity contribution < 1.29 is 9.47 Å². The van der Waals surface area contributed by atoms with Crippen LogP contribution in [0.3, 0.4) is 0 Å². The first kappa shape index (κ1) is 17.3. The number of hydrogen-bond donors (Lipinski definition) is 1. The highest BCUT2D eigenvalue weighted by molar-refractivity contribution is 5.92.